The van der Waals surface area contributed by atoms with E-state index in [-0.39, 0.29) is 11.8 Å². The molecular weight excluding hydrogens is 300 g/mol. The van der Waals surface area contributed by atoms with Crippen molar-refractivity contribution in [3.8, 4) is 0 Å². The number of hydrogen-bond donors (Lipinski definition) is 2. The minimum atomic E-state index is -0.206. The van der Waals surface area contributed by atoms with E-state index in [1.165, 1.54) is 0 Å². The lowest BCUT2D eigenvalue weighted by Crippen LogP contribution is -2.13. The molecule has 0 bridgehead atoms. The molecule has 4 nitrogen and oxygen atoms in total. The first-order valence-electron chi connectivity index (χ1n) is 7.46. The predicted octanol–water partition coefficient (Wildman–Crippen LogP) is 3.99. The topological polar surface area (TPSA) is 58.2 Å². The van der Waals surface area contributed by atoms with E-state index >= 15 is 0 Å². The second kappa shape index (κ2) is 7.24. The Morgan fingerprint density at radius 3 is 1.71 bits per heavy atom. The van der Waals surface area contributed by atoms with Gasteiger partial charge in [0.1, 0.15) is 0 Å². The largest absolute Gasteiger partial charge is 0.322 e. The van der Waals surface area contributed by atoms with Crippen molar-refractivity contribution in [2.75, 3.05) is 10.6 Å². The molecule has 3 aromatic carbocycles. The fraction of sp³-hybridized carbons (Fsp3) is 0. The molecule has 3 rings (SSSR count). The Kier molecular flexibility index (Phi) is 4.68. The van der Waals surface area contributed by atoms with E-state index in [4.69, 9.17) is 0 Å². The van der Waals surface area contributed by atoms with Crippen molar-refractivity contribution in [1.29, 1.82) is 0 Å². The summed E-state index contributed by atoms with van der Waals surface area (Å²) in [6.07, 6.45) is 0. The van der Waals surface area contributed by atoms with Crippen molar-refractivity contribution in [3.05, 3.63) is 96.1 Å². The summed E-state index contributed by atoms with van der Waals surface area (Å²) in [6, 6.07) is 25.6. The van der Waals surface area contributed by atoms with E-state index in [0.717, 1.165) is 0 Å². The number of amides is 2. The second-order valence-corrected chi connectivity index (χ2v) is 5.14. The minimum absolute atomic E-state index is 0.187. The summed E-state index contributed by atoms with van der Waals surface area (Å²) >= 11 is 0. The Balaban J connectivity index is 1.65. The fourth-order valence-corrected chi connectivity index (χ4v) is 2.17. The molecular formula is C20H15N2O2. The third-order valence-electron chi connectivity index (χ3n) is 3.42. The molecule has 4 heteroatoms. The van der Waals surface area contributed by atoms with Crippen molar-refractivity contribution in [1.82, 2.24) is 0 Å². The van der Waals surface area contributed by atoms with Crippen LogP contribution in [0.3, 0.4) is 0 Å². The first-order chi connectivity index (χ1) is 11.7. The van der Waals surface area contributed by atoms with E-state index in [1.54, 1.807) is 60.7 Å². The molecule has 0 spiro atoms. The van der Waals surface area contributed by atoms with Crippen LogP contribution in [0.5, 0.6) is 0 Å². The standard InChI is InChI=1S/C20H15N2O2/c23-19(15-7-3-1-4-8-15)22-18-13-11-16(12-14-18)20(24)21-17-9-5-2-6-10-17/h1,3-14H,(H,21,24)(H,22,23). The van der Waals surface area contributed by atoms with Crippen LogP contribution in [0.1, 0.15) is 20.7 Å². The highest BCUT2D eigenvalue weighted by atomic mass is 16.2. The fourth-order valence-electron chi connectivity index (χ4n) is 2.17. The Bertz CT molecular complexity index is 829. The Morgan fingerprint density at radius 1 is 0.625 bits per heavy atom. The molecule has 3 aromatic rings. The lowest BCUT2D eigenvalue weighted by atomic mass is 10.1. The van der Waals surface area contributed by atoms with Crippen LogP contribution in [-0.2, 0) is 0 Å². The summed E-state index contributed by atoms with van der Waals surface area (Å²) in [6.45, 7) is 0. The summed E-state index contributed by atoms with van der Waals surface area (Å²) in [5.41, 5.74) is 2.44. The van der Waals surface area contributed by atoms with Gasteiger partial charge in [0, 0.05) is 22.5 Å². The molecule has 0 aliphatic heterocycles. The van der Waals surface area contributed by atoms with Gasteiger partial charge in [0.2, 0.25) is 0 Å². The zero-order valence-corrected chi connectivity index (χ0v) is 12.8. The molecule has 0 aromatic heterocycles. The van der Waals surface area contributed by atoms with Crippen molar-refractivity contribution in [3.63, 3.8) is 0 Å². The molecule has 0 fully saturated rings. The van der Waals surface area contributed by atoms with Crippen LogP contribution in [0, 0.1) is 6.07 Å². The maximum absolute atomic E-state index is 12.2. The number of carbonyl (C=O) groups is 2. The van der Waals surface area contributed by atoms with Crippen LogP contribution in [0.2, 0.25) is 0 Å². The van der Waals surface area contributed by atoms with Crippen molar-refractivity contribution in [2.24, 2.45) is 0 Å². The predicted molar refractivity (Wildman–Crippen MR) is 94.1 cm³/mol. The van der Waals surface area contributed by atoms with Gasteiger partial charge in [-0.05, 0) is 54.6 Å². The molecule has 0 saturated carbocycles. The van der Waals surface area contributed by atoms with Gasteiger partial charge < -0.3 is 10.6 Å². The lowest BCUT2D eigenvalue weighted by Gasteiger charge is -2.07. The summed E-state index contributed by atoms with van der Waals surface area (Å²) in [4.78, 5) is 24.2. The summed E-state index contributed by atoms with van der Waals surface area (Å²) in [5, 5.41) is 5.60. The monoisotopic (exact) mass is 315 g/mol. The third-order valence-corrected chi connectivity index (χ3v) is 3.42. The van der Waals surface area contributed by atoms with Gasteiger partial charge in [0.25, 0.3) is 11.8 Å². The Morgan fingerprint density at radius 2 is 1.12 bits per heavy atom. The normalized spacial score (nSPS) is 10.0. The summed E-state index contributed by atoms with van der Waals surface area (Å²) in [7, 11) is 0. The van der Waals surface area contributed by atoms with Gasteiger partial charge in [-0.3, -0.25) is 9.59 Å². The molecule has 0 saturated heterocycles. The average molecular weight is 315 g/mol. The highest BCUT2D eigenvalue weighted by Crippen LogP contribution is 2.13. The van der Waals surface area contributed by atoms with Crippen LogP contribution in [0.4, 0.5) is 11.4 Å². The van der Waals surface area contributed by atoms with Crippen LogP contribution >= 0.6 is 0 Å². The summed E-state index contributed by atoms with van der Waals surface area (Å²) in [5.74, 6) is -0.393. The van der Waals surface area contributed by atoms with Crippen LogP contribution < -0.4 is 10.6 Å². The first kappa shape index (κ1) is 15.5. The molecule has 0 heterocycles. The van der Waals surface area contributed by atoms with Gasteiger partial charge in [-0.2, -0.15) is 0 Å². The van der Waals surface area contributed by atoms with Gasteiger partial charge in [0.15, 0.2) is 0 Å². The SMILES string of the molecule is O=C(Nc1ccc(C(=O)Nc2cc[c]cc2)cc1)c1ccccc1. The van der Waals surface area contributed by atoms with Crippen LogP contribution in [-0.4, -0.2) is 11.8 Å². The van der Waals surface area contributed by atoms with Crippen molar-refractivity contribution < 1.29 is 9.59 Å². The Labute approximate surface area is 140 Å². The Hall–Kier alpha value is -3.40. The molecule has 1 radical (unpaired) electrons. The van der Waals surface area contributed by atoms with Crippen molar-refractivity contribution in [2.45, 2.75) is 0 Å². The molecule has 0 aliphatic carbocycles. The van der Waals surface area contributed by atoms with Gasteiger partial charge in [0.05, 0.1) is 0 Å². The number of anilines is 2. The van der Waals surface area contributed by atoms with Gasteiger partial charge >= 0.3 is 0 Å². The molecule has 2 amide bonds. The zero-order chi connectivity index (χ0) is 16.8. The maximum Gasteiger partial charge on any atom is 0.255 e. The molecule has 2 N–H and O–H groups in total. The minimum Gasteiger partial charge on any atom is -0.322 e. The van der Waals surface area contributed by atoms with Crippen LogP contribution in [0.15, 0.2) is 78.9 Å². The number of hydrogen-bond acceptors (Lipinski definition) is 2. The van der Waals surface area contributed by atoms with E-state index in [1.807, 2.05) is 18.2 Å². The molecule has 0 unspecified atom stereocenters. The average Bonchev–Trinajstić information content (AvgIpc) is 2.64. The smallest absolute Gasteiger partial charge is 0.255 e. The number of carbonyl (C=O) groups excluding carboxylic acids is 2. The van der Waals surface area contributed by atoms with Crippen LogP contribution in [0.25, 0.3) is 0 Å². The third kappa shape index (κ3) is 3.87. The van der Waals surface area contributed by atoms with E-state index in [2.05, 4.69) is 16.7 Å². The lowest BCUT2D eigenvalue weighted by molar-refractivity contribution is 0.102. The molecule has 0 atom stereocenters. The van der Waals surface area contributed by atoms with Gasteiger partial charge in [-0.25, -0.2) is 0 Å². The number of rotatable bonds is 4. The first-order valence-corrected chi connectivity index (χ1v) is 7.46. The molecule has 117 valence electrons. The van der Waals surface area contributed by atoms with E-state index in [9.17, 15) is 9.59 Å². The van der Waals surface area contributed by atoms with Gasteiger partial charge in [-0.15, -0.1) is 0 Å². The highest BCUT2D eigenvalue weighted by molar-refractivity contribution is 6.06. The van der Waals surface area contributed by atoms with E-state index < -0.39 is 0 Å². The maximum atomic E-state index is 12.2. The quantitative estimate of drug-likeness (QED) is 0.765. The molecule has 0 aliphatic rings. The highest BCUT2D eigenvalue weighted by Gasteiger charge is 2.08. The van der Waals surface area contributed by atoms with E-state index in [0.29, 0.717) is 22.5 Å². The second-order valence-electron chi connectivity index (χ2n) is 5.14. The van der Waals surface area contributed by atoms with Gasteiger partial charge in [-0.1, -0.05) is 30.3 Å². The number of nitrogens with one attached hydrogen (secondary N) is 2. The van der Waals surface area contributed by atoms with Crippen molar-refractivity contribution >= 4 is 23.2 Å². The molecule has 24 heavy (non-hydrogen) atoms. The zero-order valence-electron chi connectivity index (χ0n) is 12.8. The summed E-state index contributed by atoms with van der Waals surface area (Å²) < 4.78 is 0. The number of benzene rings is 3.